The summed E-state index contributed by atoms with van der Waals surface area (Å²) in [4.78, 5) is 14.8. The third kappa shape index (κ3) is 4.89. The minimum atomic E-state index is -0.870. The first-order valence-corrected chi connectivity index (χ1v) is 11.8. The molecular weight excluding hydrogens is 398 g/mol. The highest BCUT2D eigenvalue weighted by atomic mass is 16.4. The fraction of sp³-hybridized carbons (Fsp3) is 0.444. The van der Waals surface area contributed by atoms with Crippen LogP contribution in [0.1, 0.15) is 59.3 Å². The molecule has 1 fully saturated rings. The Labute approximate surface area is 191 Å². The van der Waals surface area contributed by atoms with E-state index in [1.807, 2.05) is 41.0 Å². The molecule has 3 aromatic rings. The summed E-state index contributed by atoms with van der Waals surface area (Å²) in [6.07, 6.45) is 6.64. The van der Waals surface area contributed by atoms with Gasteiger partial charge in [-0.3, -0.25) is 0 Å². The lowest BCUT2D eigenvalue weighted by atomic mass is 9.94. The van der Waals surface area contributed by atoms with Gasteiger partial charge in [0.25, 0.3) is 0 Å². The number of aromatic carboxylic acids is 1. The fourth-order valence-corrected chi connectivity index (χ4v) is 5.09. The quantitative estimate of drug-likeness (QED) is 0.464. The van der Waals surface area contributed by atoms with Crippen molar-refractivity contribution < 1.29 is 9.90 Å². The van der Waals surface area contributed by atoms with Crippen LogP contribution in [0.3, 0.4) is 0 Å². The fourth-order valence-electron chi connectivity index (χ4n) is 5.09. The summed E-state index contributed by atoms with van der Waals surface area (Å²) in [5.41, 5.74) is 4.56. The molecule has 0 saturated heterocycles. The smallest absolute Gasteiger partial charge is 0.352 e. The van der Waals surface area contributed by atoms with Gasteiger partial charge in [0.2, 0.25) is 0 Å². The largest absolute Gasteiger partial charge is 0.477 e. The third-order valence-electron chi connectivity index (χ3n) is 7.01. The summed E-state index contributed by atoms with van der Waals surface area (Å²) in [5.74, 6) is -0.870. The Morgan fingerprint density at radius 2 is 1.81 bits per heavy atom. The molecule has 2 N–H and O–H groups in total. The van der Waals surface area contributed by atoms with E-state index in [0.717, 1.165) is 35.1 Å². The zero-order valence-electron chi connectivity index (χ0n) is 19.3. The zero-order chi connectivity index (χ0) is 22.5. The first-order chi connectivity index (χ1) is 15.6. The molecule has 2 aromatic carbocycles. The number of likely N-dealkylation sites (N-methyl/N-ethyl adjacent to an activating group) is 1. The third-order valence-corrected chi connectivity index (χ3v) is 7.01. The average Bonchev–Trinajstić information content (AvgIpc) is 3.12. The van der Waals surface area contributed by atoms with Gasteiger partial charge in [-0.15, -0.1) is 0 Å². The van der Waals surface area contributed by atoms with E-state index in [0.29, 0.717) is 24.8 Å². The summed E-state index contributed by atoms with van der Waals surface area (Å²) in [6.45, 7) is 5.02. The van der Waals surface area contributed by atoms with Crippen molar-refractivity contribution in [2.75, 3.05) is 20.1 Å². The van der Waals surface area contributed by atoms with Gasteiger partial charge in [-0.2, -0.15) is 0 Å². The number of rotatable bonds is 9. The maximum absolute atomic E-state index is 12.4. The SMILES string of the molecule is Cc1ccccc1Cn1c(C(=O)O)c(CNCCN(C)C2CCCCC2)c2ccccc21. The van der Waals surface area contributed by atoms with Crippen molar-refractivity contribution in [2.24, 2.45) is 0 Å². The molecule has 1 aliphatic rings. The van der Waals surface area contributed by atoms with Crippen molar-refractivity contribution in [3.8, 4) is 0 Å². The van der Waals surface area contributed by atoms with Gasteiger partial charge in [0.05, 0.1) is 0 Å². The van der Waals surface area contributed by atoms with Crippen molar-refractivity contribution >= 4 is 16.9 Å². The Bertz CT molecular complexity index is 1070. The standard InChI is InChI=1S/C27H35N3O2/c1-20-10-6-7-11-21(20)19-30-25-15-9-8-14-23(25)24(26(30)27(31)32)18-28-16-17-29(2)22-12-4-3-5-13-22/h6-11,14-15,22,28H,3-5,12-13,16-19H2,1-2H3,(H,31,32). The predicted molar refractivity (Wildman–Crippen MR) is 130 cm³/mol. The van der Waals surface area contributed by atoms with E-state index in [9.17, 15) is 9.90 Å². The zero-order valence-corrected chi connectivity index (χ0v) is 19.3. The topological polar surface area (TPSA) is 57.5 Å². The maximum atomic E-state index is 12.4. The lowest BCUT2D eigenvalue weighted by molar-refractivity contribution is 0.0684. The highest BCUT2D eigenvalue weighted by molar-refractivity contribution is 5.98. The minimum absolute atomic E-state index is 0.391. The summed E-state index contributed by atoms with van der Waals surface area (Å²) >= 11 is 0. The molecule has 0 spiro atoms. The number of nitrogens with zero attached hydrogens (tertiary/aromatic N) is 2. The Hall–Kier alpha value is -2.63. The lowest BCUT2D eigenvalue weighted by Crippen LogP contribution is -2.38. The summed E-state index contributed by atoms with van der Waals surface area (Å²) in [7, 11) is 2.22. The molecule has 1 aliphatic carbocycles. The number of aryl methyl sites for hydroxylation is 1. The van der Waals surface area contributed by atoms with E-state index < -0.39 is 5.97 Å². The summed E-state index contributed by atoms with van der Waals surface area (Å²) in [6, 6.07) is 16.9. The van der Waals surface area contributed by atoms with Crippen molar-refractivity contribution in [1.29, 1.82) is 0 Å². The molecule has 170 valence electrons. The Morgan fingerprint density at radius 3 is 2.56 bits per heavy atom. The van der Waals surface area contributed by atoms with Crippen LogP contribution in [0.15, 0.2) is 48.5 Å². The monoisotopic (exact) mass is 433 g/mol. The van der Waals surface area contributed by atoms with Crippen LogP contribution in [-0.4, -0.2) is 46.7 Å². The first kappa shape index (κ1) is 22.6. The molecule has 0 amide bonds. The molecule has 32 heavy (non-hydrogen) atoms. The highest BCUT2D eigenvalue weighted by Gasteiger charge is 2.23. The van der Waals surface area contributed by atoms with Crippen LogP contribution in [0.5, 0.6) is 0 Å². The number of carboxylic acids is 1. The molecule has 0 atom stereocenters. The van der Waals surface area contributed by atoms with Crippen LogP contribution in [0.4, 0.5) is 0 Å². The van der Waals surface area contributed by atoms with E-state index in [4.69, 9.17) is 0 Å². The number of aromatic nitrogens is 1. The van der Waals surface area contributed by atoms with E-state index in [1.165, 1.54) is 37.7 Å². The van der Waals surface area contributed by atoms with Crippen LogP contribution < -0.4 is 5.32 Å². The van der Waals surface area contributed by atoms with Crippen molar-refractivity contribution in [3.63, 3.8) is 0 Å². The Balaban J connectivity index is 1.54. The Kier molecular flexibility index (Phi) is 7.28. The molecule has 1 aromatic heterocycles. The number of para-hydroxylation sites is 1. The van der Waals surface area contributed by atoms with E-state index in [1.54, 1.807) is 0 Å². The van der Waals surface area contributed by atoms with Crippen LogP contribution in [0.2, 0.25) is 0 Å². The second kappa shape index (κ2) is 10.3. The number of fused-ring (bicyclic) bond motifs is 1. The van der Waals surface area contributed by atoms with Gasteiger partial charge < -0.3 is 19.9 Å². The van der Waals surface area contributed by atoms with E-state index in [2.05, 4.69) is 36.3 Å². The van der Waals surface area contributed by atoms with Crippen molar-refractivity contribution in [2.45, 2.75) is 58.2 Å². The molecule has 1 heterocycles. The number of carboxylic acid groups (broad SMARTS) is 1. The van der Waals surface area contributed by atoms with Crippen LogP contribution >= 0.6 is 0 Å². The molecule has 4 rings (SSSR count). The second-order valence-electron chi connectivity index (χ2n) is 9.11. The molecule has 0 aliphatic heterocycles. The van der Waals surface area contributed by atoms with Gasteiger partial charge in [-0.05, 0) is 44.0 Å². The van der Waals surface area contributed by atoms with Gasteiger partial charge in [0.1, 0.15) is 5.69 Å². The number of nitrogens with one attached hydrogen (secondary N) is 1. The van der Waals surface area contributed by atoms with Gasteiger partial charge in [0, 0.05) is 48.7 Å². The van der Waals surface area contributed by atoms with Gasteiger partial charge in [0.15, 0.2) is 0 Å². The highest BCUT2D eigenvalue weighted by Crippen LogP contribution is 2.28. The number of hydrogen-bond acceptors (Lipinski definition) is 3. The van der Waals surface area contributed by atoms with Crippen LogP contribution in [0, 0.1) is 6.92 Å². The lowest BCUT2D eigenvalue weighted by Gasteiger charge is -2.31. The van der Waals surface area contributed by atoms with Crippen molar-refractivity contribution in [1.82, 2.24) is 14.8 Å². The van der Waals surface area contributed by atoms with E-state index in [-0.39, 0.29) is 0 Å². The number of benzene rings is 2. The Morgan fingerprint density at radius 1 is 1.09 bits per heavy atom. The maximum Gasteiger partial charge on any atom is 0.352 e. The molecule has 0 bridgehead atoms. The second-order valence-corrected chi connectivity index (χ2v) is 9.11. The molecule has 5 heteroatoms. The van der Waals surface area contributed by atoms with Crippen LogP contribution in [0.25, 0.3) is 10.9 Å². The van der Waals surface area contributed by atoms with E-state index >= 15 is 0 Å². The molecule has 0 unspecified atom stereocenters. The molecule has 5 nitrogen and oxygen atoms in total. The van der Waals surface area contributed by atoms with Gasteiger partial charge >= 0.3 is 5.97 Å². The first-order valence-electron chi connectivity index (χ1n) is 11.8. The molecule has 1 saturated carbocycles. The number of hydrogen-bond donors (Lipinski definition) is 2. The van der Waals surface area contributed by atoms with Gasteiger partial charge in [-0.1, -0.05) is 61.7 Å². The molecule has 0 radical (unpaired) electrons. The van der Waals surface area contributed by atoms with Crippen LogP contribution in [-0.2, 0) is 13.1 Å². The normalized spacial score (nSPS) is 15.0. The average molecular weight is 434 g/mol. The summed E-state index contributed by atoms with van der Waals surface area (Å²) < 4.78 is 1.96. The minimum Gasteiger partial charge on any atom is -0.477 e. The van der Waals surface area contributed by atoms with Gasteiger partial charge in [-0.25, -0.2) is 4.79 Å². The summed E-state index contributed by atoms with van der Waals surface area (Å²) in [5, 5.41) is 14.7. The molecular formula is C27H35N3O2. The number of carbonyl (C=O) groups is 1. The predicted octanol–water partition coefficient (Wildman–Crippen LogP) is 5.05. The van der Waals surface area contributed by atoms with Crippen molar-refractivity contribution in [3.05, 3.63) is 70.9 Å².